The summed E-state index contributed by atoms with van der Waals surface area (Å²) in [6.07, 6.45) is 1.89. The van der Waals surface area contributed by atoms with Crippen LogP contribution in [0.4, 0.5) is 5.69 Å². The number of likely N-dealkylation sites (N-methyl/N-ethyl adjacent to an activating group) is 1. The van der Waals surface area contributed by atoms with Gasteiger partial charge in [-0.25, -0.2) is 0 Å². The van der Waals surface area contributed by atoms with Crippen LogP contribution in [0, 0.1) is 6.92 Å². The second-order valence-electron chi connectivity index (χ2n) is 4.15. The maximum atomic E-state index is 4.28. The number of hydrogen-bond acceptors (Lipinski definition) is 3. The van der Waals surface area contributed by atoms with Gasteiger partial charge in [0, 0.05) is 32.4 Å². The minimum absolute atomic E-state index is 1.07. The van der Waals surface area contributed by atoms with E-state index >= 15 is 0 Å². The molecule has 1 aromatic heterocycles. The Labute approximate surface area is 106 Å². The molecule has 1 aliphatic heterocycles. The molecule has 1 aromatic rings. The van der Waals surface area contributed by atoms with E-state index in [1.165, 1.54) is 5.69 Å². The van der Waals surface area contributed by atoms with Crippen LogP contribution in [0.15, 0.2) is 16.7 Å². The molecule has 0 aromatic carbocycles. The van der Waals surface area contributed by atoms with Crippen LogP contribution in [-0.4, -0.2) is 42.6 Å². The lowest BCUT2D eigenvalue weighted by Crippen LogP contribution is -2.46. The van der Waals surface area contributed by atoms with Crippen LogP contribution >= 0.6 is 15.9 Å². The van der Waals surface area contributed by atoms with Crippen molar-refractivity contribution in [3.05, 3.63) is 22.4 Å². The Morgan fingerprint density at radius 1 is 1.31 bits per heavy atom. The molecule has 0 bridgehead atoms. The summed E-state index contributed by atoms with van der Waals surface area (Å²) < 4.78 is 1.14. The van der Waals surface area contributed by atoms with Crippen molar-refractivity contribution in [1.82, 2.24) is 9.88 Å². The lowest BCUT2D eigenvalue weighted by Gasteiger charge is -2.36. The average Bonchev–Trinajstić information content (AvgIpc) is 2.33. The molecule has 0 saturated carbocycles. The second-order valence-corrected chi connectivity index (χ2v) is 4.94. The van der Waals surface area contributed by atoms with Gasteiger partial charge in [0.15, 0.2) is 0 Å². The van der Waals surface area contributed by atoms with Crippen molar-refractivity contribution in [3.8, 4) is 0 Å². The standard InChI is InChI=1S/C12H18BrN3/c1-3-15-6-8-16(9-7-15)11-4-5-14-10(2)12(11)13/h4-5H,3,6-9H2,1-2H3. The Morgan fingerprint density at radius 3 is 2.62 bits per heavy atom. The molecule has 1 fully saturated rings. The van der Waals surface area contributed by atoms with Gasteiger partial charge < -0.3 is 9.80 Å². The van der Waals surface area contributed by atoms with Crippen LogP contribution in [0.25, 0.3) is 0 Å². The second kappa shape index (κ2) is 5.15. The van der Waals surface area contributed by atoms with E-state index in [4.69, 9.17) is 0 Å². The predicted molar refractivity (Wildman–Crippen MR) is 71.0 cm³/mol. The number of rotatable bonds is 2. The van der Waals surface area contributed by atoms with E-state index in [1.54, 1.807) is 0 Å². The third-order valence-corrected chi connectivity index (χ3v) is 4.18. The quantitative estimate of drug-likeness (QED) is 0.830. The summed E-state index contributed by atoms with van der Waals surface area (Å²) in [5.41, 5.74) is 2.35. The van der Waals surface area contributed by atoms with Gasteiger partial charge in [-0.2, -0.15) is 0 Å². The molecule has 88 valence electrons. The molecule has 0 aliphatic carbocycles. The van der Waals surface area contributed by atoms with Gasteiger partial charge in [-0.05, 0) is 35.5 Å². The fraction of sp³-hybridized carbons (Fsp3) is 0.583. The molecule has 1 aliphatic rings. The van der Waals surface area contributed by atoms with Crippen molar-refractivity contribution in [2.45, 2.75) is 13.8 Å². The summed E-state index contributed by atoms with van der Waals surface area (Å²) in [5.74, 6) is 0. The maximum Gasteiger partial charge on any atom is 0.0621 e. The van der Waals surface area contributed by atoms with E-state index in [2.05, 4.69) is 43.7 Å². The molecule has 0 amide bonds. The zero-order valence-corrected chi connectivity index (χ0v) is 11.5. The first-order chi connectivity index (χ1) is 7.72. The van der Waals surface area contributed by atoms with Gasteiger partial charge in [-0.3, -0.25) is 4.98 Å². The van der Waals surface area contributed by atoms with Gasteiger partial charge in [-0.1, -0.05) is 6.92 Å². The van der Waals surface area contributed by atoms with Crippen LogP contribution in [0.5, 0.6) is 0 Å². The highest BCUT2D eigenvalue weighted by Crippen LogP contribution is 2.28. The van der Waals surface area contributed by atoms with E-state index in [0.29, 0.717) is 0 Å². The van der Waals surface area contributed by atoms with Gasteiger partial charge in [-0.15, -0.1) is 0 Å². The number of nitrogens with zero attached hydrogens (tertiary/aromatic N) is 3. The van der Waals surface area contributed by atoms with Crippen molar-refractivity contribution in [2.75, 3.05) is 37.6 Å². The number of piperazine rings is 1. The summed E-state index contributed by atoms with van der Waals surface area (Å²) in [4.78, 5) is 9.20. The fourth-order valence-corrected chi connectivity index (χ4v) is 2.57. The molecule has 3 nitrogen and oxygen atoms in total. The first-order valence-corrected chi connectivity index (χ1v) is 6.60. The van der Waals surface area contributed by atoms with Gasteiger partial charge in [0.1, 0.15) is 0 Å². The van der Waals surface area contributed by atoms with Crippen LogP contribution < -0.4 is 4.90 Å². The first kappa shape index (κ1) is 11.9. The van der Waals surface area contributed by atoms with Gasteiger partial charge in [0.25, 0.3) is 0 Å². The largest absolute Gasteiger partial charge is 0.368 e. The maximum absolute atomic E-state index is 4.28. The zero-order chi connectivity index (χ0) is 11.5. The summed E-state index contributed by atoms with van der Waals surface area (Å²) >= 11 is 3.63. The van der Waals surface area contributed by atoms with Gasteiger partial charge >= 0.3 is 0 Å². The summed E-state index contributed by atoms with van der Waals surface area (Å²) in [5, 5.41) is 0. The van der Waals surface area contributed by atoms with E-state index in [1.807, 2.05) is 13.1 Å². The normalized spacial score (nSPS) is 17.8. The molecular formula is C12H18BrN3. The Balaban J connectivity index is 2.11. The number of pyridine rings is 1. The highest BCUT2D eigenvalue weighted by molar-refractivity contribution is 9.10. The van der Waals surface area contributed by atoms with Gasteiger partial charge in [0.05, 0.1) is 15.9 Å². The average molecular weight is 284 g/mol. The van der Waals surface area contributed by atoms with E-state index < -0.39 is 0 Å². The highest BCUT2D eigenvalue weighted by atomic mass is 79.9. The molecule has 4 heteroatoms. The predicted octanol–water partition coefficient (Wildman–Crippen LogP) is 2.29. The summed E-state index contributed by atoms with van der Waals surface area (Å²) in [6, 6.07) is 2.10. The zero-order valence-electron chi connectivity index (χ0n) is 9.91. The topological polar surface area (TPSA) is 19.4 Å². The smallest absolute Gasteiger partial charge is 0.0621 e. The fourth-order valence-electron chi connectivity index (χ4n) is 2.08. The molecule has 0 N–H and O–H groups in total. The van der Waals surface area contributed by atoms with Gasteiger partial charge in [0.2, 0.25) is 0 Å². The number of halogens is 1. The van der Waals surface area contributed by atoms with Crippen LogP contribution in [-0.2, 0) is 0 Å². The van der Waals surface area contributed by atoms with Crippen molar-refractivity contribution < 1.29 is 0 Å². The third kappa shape index (κ3) is 2.38. The molecule has 0 spiro atoms. The van der Waals surface area contributed by atoms with Crippen LogP contribution in [0.2, 0.25) is 0 Å². The molecule has 2 heterocycles. The minimum atomic E-state index is 1.07. The minimum Gasteiger partial charge on any atom is -0.368 e. The first-order valence-electron chi connectivity index (χ1n) is 5.80. The molecule has 0 radical (unpaired) electrons. The van der Waals surface area contributed by atoms with Crippen molar-refractivity contribution >= 4 is 21.6 Å². The van der Waals surface area contributed by atoms with Crippen molar-refractivity contribution in [3.63, 3.8) is 0 Å². The molecule has 0 atom stereocenters. The molecule has 16 heavy (non-hydrogen) atoms. The Kier molecular flexibility index (Phi) is 3.82. The van der Waals surface area contributed by atoms with Crippen LogP contribution in [0.1, 0.15) is 12.6 Å². The highest BCUT2D eigenvalue weighted by Gasteiger charge is 2.18. The molecule has 0 unspecified atom stereocenters. The van der Waals surface area contributed by atoms with E-state index in [-0.39, 0.29) is 0 Å². The number of aryl methyl sites for hydroxylation is 1. The van der Waals surface area contributed by atoms with Crippen LogP contribution in [0.3, 0.4) is 0 Å². The lowest BCUT2D eigenvalue weighted by atomic mass is 10.2. The van der Waals surface area contributed by atoms with Crippen molar-refractivity contribution in [1.29, 1.82) is 0 Å². The SMILES string of the molecule is CCN1CCN(c2ccnc(C)c2Br)CC1. The Morgan fingerprint density at radius 2 is 2.00 bits per heavy atom. The summed E-state index contributed by atoms with van der Waals surface area (Å²) in [6.45, 7) is 9.95. The monoisotopic (exact) mass is 283 g/mol. The molecular weight excluding hydrogens is 266 g/mol. The summed E-state index contributed by atoms with van der Waals surface area (Å²) in [7, 11) is 0. The number of anilines is 1. The van der Waals surface area contributed by atoms with E-state index in [9.17, 15) is 0 Å². The van der Waals surface area contributed by atoms with E-state index in [0.717, 1.165) is 42.9 Å². The number of aromatic nitrogens is 1. The Bertz CT molecular complexity index is 359. The Hall–Kier alpha value is -0.610. The molecule has 1 saturated heterocycles. The number of hydrogen-bond donors (Lipinski definition) is 0. The lowest BCUT2D eigenvalue weighted by molar-refractivity contribution is 0.271. The van der Waals surface area contributed by atoms with Crippen molar-refractivity contribution in [2.24, 2.45) is 0 Å². The molecule has 2 rings (SSSR count). The third-order valence-electron chi connectivity index (χ3n) is 3.20.